The first-order valence-corrected chi connectivity index (χ1v) is 6.67. The van der Waals surface area contributed by atoms with Crippen molar-refractivity contribution in [2.24, 2.45) is 0 Å². The number of hydrogen-bond acceptors (Lipinski definition) is 0. The maximum absolute atomic E-state index is 12.9. The van der Waals surface area contributed by atoms with Gasteiger partial charge in [0.05, 0.1) is 16.7 Å². The van der Waals surface area contributed by atoms with Crippen LogP contribution in [0.3, 0.4) is 0 Å². The third-order valence-electron chi connectivity index (χ3n) is 3.46. The molecule has 0 heterocycles. The van der Waals surface area contributed by atoms with Crippen LogP contribution < -0.4 is 0 Å². The maximum atomic E-state index is 12.9. The molecule has 0 saturated heterocycles. The van der Waals surface area contributed by atoms with Gasteiger partial charge in [0.25, 0.3) is 0 Å². The van der Waals surface area contributed by atoms with Crippen LogP contribution in [-0.2, 0) is 18.5 Å². The van der Waals surface area contributed by atoms with Crippen LogP contribution in [0.25, 0.3) is 11.1 Å². The van der Waals surface area contributed by atoms with Gasteiger partial charge in [0, 0.05) is 0 Å². The highest BCUT2D eigenvalue weighted by molar-refractivity contribution is 5.70. The number of halogens is 9. The number of hydrogen-bond donors (Lipinski definition) is 0. The van der Waals surface area contributed by atoms with Gasteiger partial charge in [0.15, 0.2) is 0 Å². The van der Waals surface area contributed by atoms with Gasteiger partial charge in [-0.3, -0.25) is 0 Å². The lowest BCUT2D eigenvalue weighted by molar-refractivity contribution is -0.143. The Morgan fingerprint density at radius 1 is 0.560 bits per heavy atom. The first-order valence-electron chi connectivity index (χ1n) is 6.67. The Morgan fingerprint density at radius 2 is 1.00 bits per heavy atom. The molecule has 0 N–H and O–H groups in total. The number of alkyl halides is 9. The van der Waals surface area contributed by atoms with Gasteiger partial charge in [0.2, 0.25) is 0 Å². The molecule has 0 radical (unpaired) electrons. The molecule has 0 nitrogen and oxygen atoms in total. The minimum Gasteiger partial charge on any atom is -0.166 e. The van der Waals surface area contributed by atoms with E-state index in [1.54, 1.807) is 0 Å². The summed E-state index contributed by atoms with van der Waals surface area (Å²) in [5.74, 6) is 0. The fourth-order valence-electron chi connectivity index (χ4n) is 2.22. The molecular formula is C16H9F9. The molecule has 0 saturated carbocycles. The zero-order valence-corrected chi connectivity index (χ0v) is 12.4. The first-order chi connectivity index (χ1) is 11.2. The monoisotopic (exact) mass is 372 g/mol. The van der Waals surface area contributed by atoms with E-state index in [9.17, 15) is 39.5 Å². The largest absolute Gasteiger partial charge is 0.416 e. The zero-order valence-electron chi connectivity index (χ0n) is 12.4. The molecule has 9 heteroatoms. The van der Waals surface area contributed by atoms with Gasteiger partial charge in [-0.15, -0.1) is 0 Å². The Balaban J connectivity index is 2.75. The summed E-state index contributed by atoms with van der Waals surface area (Å²) >= 11 is 0. The van der Waals surface area contributed by atoms with E-state index in [0.717, 1.165) is 6.07 Å². The smallest absolute Gasteiger partial charge is 0.166 e. The molecule has 2 aromatic carbocycles. The summed E-state index contributed by atoms with van der Waals surface area (Å²) in [7, 11) is 0. The lowest BCUT2D eigenvalue weighted by Gasteiger charge is -2.16. The molecule has 0 aromatic heterocycles. The second-order valence-corrected chi connectivity index (χ2v) is 5.32. The molecule has 0 bridgehead atoms. The van der Waals surface area contributed by atoms with Crippen LogP contribution in [0, 0.1) is 6.92 Å². The Morgan fingerprint density at radius 3 is 1.40 bits per heavy atom. The highest BCUT2D eigenvalue weighted by Gasteiger charge is 2.37. The van der Waals surface area contributed by atoms with Crippen molar-refractivity contribution in [2.45, 2.75) is 25.5 Å². The molecule has 2 aromatic rings. The van der Waals surface area contributed by atoms with Gasteiger partial charge in [0.1, 0.15) is 0 Å². The van der Waals surface area contributed by atoms with E-state index in [2.05, 4.69) is 0 Å². The summed E-state index contributed by atoms with van der Waals surface area (Å²) in [4.78, 5) is 0. The molecule has 0 unspecified atom stereocenters. The predicted molar refractivity (Wildman–Crippen MR) is 71.6 cm³/mol. The van der Waals surface area contributed by atoms with Crippen molar-refractivity contribution in [2.75, 3.05) is 0 Å². The molecule has 2 rings (SSSR count). The summed E-state index contributed by atoms with van der Waals surface area (Å²) in [6.07, 6.45) is -14.9. The summed E-state index contributed by atoms with van der Waals surface area (Å²) in [6.45, 7) is 1.29. The second-order valence-electron chi connectivity index (χ2n) is 5.32. The van der Waals surface area contributed by atoms with Crippen LogP contribution in [0.4, 0.5) is 39.5 Å². The molecule has 0 fully saturated rings. The minimum atomic E-state index is -5.08. The molecule has 0 aliphatic heterocycles. The standard InChI is InChI=1S/C16H9F9/c1-8-2-3-10(14(17,18)19)7-13(8)9-4-11(15(20,21)22)6-12(5-9)16(23,24)25/h2-7H,1H3. The molecule has 0 atom stereocenters. The molecule has 0 amide bonds. The summed E-state index contributed by atoms with van der Waals surface area (Å²) in [6, 6.07) is 2.95. The van der Waals surface area contributed by atoms with Gasteiger partial charge in [-0.2, -0.15) is 39.5 Å². The third kappa shape index (κ3) is 4.26. The van der Waals surface area contributed by atoms with E-state index >= 15 is 0 Å². The van der Waals surface area contributed by atoms with Crippen molar-refractivity contribution in [3.63, 3.8) is 0 Å². The molecular weight excluding hydrogens is 363 g/mol. The normalized spacial score (nSPS) is 13.2. The van der Waals surface area contributed by atoms with Gasteiger partial charge in [-0.25, -0.2) is 0 Å². The van der Waals surface area contributed by atoms with Crippen molar-refractivity contribution in [1.29, 1.82) is 0 Å². The topological polar surface area (TPSA) is 0 Å². The first kappa shape index (κ1) is 19.1. The Kier molecular flexibility index (Phi) is 4.56. The van der Waals surface area contributed by atoms with E-state index in [0.29, 0.717) is 24.3 Å². The summed E-state index contributed by atoms with van der Waals surface area (Å²) in [5.41, 5.74) is -5.18. The quantitative estimate of drug-likeness (QED) is 0.488. The van der Waals surface area contributed by atoms with Crippen molar-refractivity contribution >= 4 is 0 Å². The molecule has 0 spiro atoms. The fraction of sp³-hybridized carbons (Fsp3) is 0.250. The number of aryl methyl sites for hydroxylation is 1. The van der Waals surface area contributed by atoms with Crippen LogP contribution in [-0.4, -0.2) is 0 Å². The van der Waals surface area contributed by atoms with Gasteiger partial charge >= 0.3 is 18.5 Å². The summed E-state index contributed by atoms with van der Waals surface area (Å²) in [5, 5.41) is 0. The van der Waals surface area contributed by atoms with Crippen molar-refractivity contribution < 1.29 is 39.5 Å². The van der Waals surface area contributed by atoms with E-state index in [1.165, 1.54) is 6.92 Å². The average Bonchev–Trinajstić information content (AvgIpc) is 2.44. The highest BCUT2D eigenvalue weighted by atomic mass is 19.4. The molecule has 136 valence electrons. The van der Waals surface area contributed by atoms with E-state index in [4.69, 9.17) is 0 Å². The van der Waals surface area contributed by atoms with Crippen LogP contribution in [0.15, 0.2) is 36.4 Å². The SMILES string of the molecule is Cc1ccc(C(F)(F)F)cc1-c1cc(C(F)(F)F)cc(C(F)(F)F)c1. The average molecular weight is 372 g/mol. The van der Waals surface area contributed by atoms with Crippen molar-refractivity contribution in [3.05, 3.63) is 58.7 Å². The number of rotatable bonds is 1. The van der Waals surface area contributed by atoms with Gasteiger partial charge in [-0.1, -0.05) is 6.07 Å². The van der Waals surface area contributed by atoms with Gasteiger partial charge < -0.3 is 0 Å². The van der Waals surface area contributed by atoms with E-state index in [1.807, 2.05) is 0 Å². The lowest BCUT2D eigenvalue weighted by Crippen LogP contribution is -2.11. The van der Waals surface area contributed by atoms with E-state index < -0.39 is 40.8 Å². The van der Waals surface area contributed by atoms with Crippen LogP contribution in [0.1, 0.15) is 22.3 Å². The van der Waals surface area contributed by atoms with Gasteiger partial charge in [-0.05, 0) is 53.9 Å². The third-order valence-corrected chi connectivity index (χ3v) is 3.46. The van der Waals surface area contributed by atoms with Crippen LogP contribution >= 0.6 is 0 Å². The number of benzene rings is 2. The zero-order chi connectivity index (χ0) is 19.2. The second kappa shape index (κ2) is 5.96. The predicted octanol–water partition coefficient (Wildman–Crippen LogP) is 6.72. The maximum Gasteiger partial charge on any atom is 0.416 e. The van der Waals surface area contributed by atoms with E-state index in [-0.39, 0.29) is 17.2 Å². The highest BCUT2D eigenvalue weighted by Crippen LogP contribution is 2.40. The Labute approximate surface area is 135 Å². The molecule has 0 aliphatic rings. The van der Waals surface area contributed by atoms with Crippen molar-refractivity contribution in [3.8, 4) is 11.1 Å². The Hall–Kier alpha value is -2.19. The minimum absolute atomic E-state index is 0.0769. The summed E-state index contributed by atoms with van der Waals surface area (Å²) < 4.78 is 116. The van der Waals surface area contributed by atoms with Crippen molar-refractivity contribution in [1.82, 2.24) is 0 Å². The van der Waals surface area contributed by atoms with Crippen LogP contribution in [0.2, 0.25) is 0 Å². The molecule has 25 heavy (non-hydrogen) atoms. The molecule has 0 aliphatic carbocycles. The fourth-order valence-corrected chi connectivity index (χ4v) is 2.22. The Bertz CT molecular complexity index is 747. The van der Waals surface area contributed by atoms with Crippen LogP contribution in [0.5, 0.6) is 0 Å². The lowest BCUT2D eigenvalue weighted by atomic mass is 9.94.